The maximum absolute atomic E-state index is 5.45. The van der Waals surface area contributed by atoms with E-state index in [2.05, 4.69) is 53.1 Å². The van der Waals surface area contributed by atoms with Crippen molar-refractivity contribution in [2.45, 2.75) is 46.6 Å². The highest BCUT2D eigenvalue weighted by Crippen LogP contribution is 2.31. The minimum Gasteiger partial charge on any atom is -0.493 e. The molecule has 7 heteroatoms. The number of fused-ring (bicyclic) bond motifs is 1. The van der Waals surface area contributed by atoms with Gasteiger partial charge in [0.25, 0.3) is 0 Å². The molecule has 0 spiro atoms. The lowest BCUT2D eigenvalue weighted by Gasteiger charge is -2.12. The Balaban J connectivity index is 1.68. The van der Waals surface area contributed by atoms with Crippen molar-refractivity contribution >= 4 is 11.5 Å². The van der Waals surface area contributed by atoms with E-state index in [4.69, 9.17) is 19.0 Å². The third-order valence-electron chi connectivity index (χ3n) is 5.54. The van der Waals surface area contributed by atoms with E-state index < -0.39 is 0 Å². The molecule has 0 aliphatic rings. The number of aryl methyl sites for hydroxylation is 4. The molecular formula is C25H30N4O3. The molecule has 0 radical (unpaired) electrons. The van der Waals surface area contributed by atoms with Gasteiger partial charge in [-0.2, -0.15) is 0 Å². The Kier molecular flexibility index (Phi) is 6.08. The molecule has 4 aromatic rings. The number of nitrogens with zero attached hydrogens (tertiary/aromatic N) is 3. The van der Waals surface area contributed by atoms with Crippen LogP contribution in [0, 0.1) is 13.8 Å². The van der Waals surface area contributed by atoms with Crippen molar-refractivity contribution in [1.82, 2.24) is 14.5 Å². The van der Waals surface area contributed by atoms with Crippen molar-refractivity contribution < 1.29 is 14.0 Å². The normalized spacial score (nSPS) is 11.3. The summed E-state index contributed by atoms with van der Waals surface area (Å²) in [7, 11) is 3.31. The second kappa shape index (κ2) is 8.94. The van der Waals surface area contributed by atoms with Gasteiger partial charge in [-0.3, -0.25) is 4.40 Å². The van der Waals surface area contributed by atoms with Gasteiger partial charge in [-0.1, -0.05) is 11.2 Å². The number of methoxy groups -OCH3 is 2. The Hall–Kier alpha value is -3.48. The summed E-state index contributed by atoms with van der Waals surface area (Å²) in [6.07, 6.45) is 3.70. The van der Waals surface area contributed by atoms with Gasteiger partial charge in [-0.25, -0.2) is 4.98 Å². The van der Waals surface area contributed by atoms with Crippen molar-refractivity contribution in [3.63, 3.8) is 0 Å². The molecule has 0 amide bonds. The molecule has 0 saturated carbocycles. The number of hydrogen-bond donors (Lipinski definition) is 1. The quantitative estimate of drug-likeness (QED) is 0.409. The molecule has 0 unspecified atom stereocenters. The molecule has 0 aliphatic carbocycles. The maximum Gasteiger partial charge on any atom is 0.160 e. The van der Waals surface area contributed by atoms with Crippen molar-refractivity contribution in [3.05, 3.63) is 59.2 Å². The molecule has 1 aromatic carbocycles. The van der Waals surface area contributed by atoms with Gasteiger partial charge in [0, 0.05) is 17.8 Å². The van der Waals surface area contributed by atoms with Crippen LogP contribution in [0.4, 0.5) is 5.82 Å². The molecule has 32 heavy (non-hydrogen) atoms. The summed E-state index contributed by atoms with van der Waals surface area (Å²) < 4.78 is 18.3. The summed E-state index contributed by atoms with van der Waals surface area (Å²) in [5, 5.41) is 7.67. The molecule has 1 N–H and O–H groups in total. The second-order valence-electron chi connectivity index (χ2n) is 8.24. The zero-order valence-electron chi connectivity index (χ0n) is 19.5. The number of pyridine rings is 1. The fourth-order valence-corrected chi connectivity index (χ4v) is 4.04. The molecule has 3 aromatic heterocycles. The van der Waals surface area contributed by atoms with Gasteiger partial charge in [0.05, 0.1) is 25.6 Å². The predicted molar refractivity (Wildman–Crippen MR) is 126 cm³/mol. The van der Waals surface area contributed by atoms with Crippen LogP contribution < -0.4 is 14.8 Å². The van der Waals surface area contributed by atoms with E-state index in [0.717, 1.165) is 64.1 Å². The number of hydrogen-bond acceptors (Lipinski definition) is 6. The van der Waals surface area contributed by atoms with Crippen LogP contribution in [0.3, 0.4) is 0 Å². The lowest BCUT2D eigenvalue weighted by Crippen LogP contribution is -2.13. The number of rotatable bonds is 8. The Morgan fingerprint density at radius 1 is 1.03 bits per heavy atom. The van der Waals surface area contributed by atoms with Crippen molar-refractivity contribution in [2.24, 2.45) is 0 Å². The first-order valence-corrected chi connectivity index (χ1v) is 10.8. The Morgan fingerprint density at radius 3 is 2.47 bits per heavy atom. The molecule has 0 atom stereocenters. The Bertz CT molecular complexity index is 1220. The van der Waals surface area contributed by atoms with Crippen molar-refractivity contribution in [3.8, 4) is 22.6 Å². The van der Waals surface area contributed by atoms with E-state index in [0.29, 0.717) is 0 Å². The highest BCUT2D eigenvalue weighted by Gasteiger charge is 2.17. The van der Waals surface area contributed by atoms with E-state index >= 15 is 0 Å². The van der Waals surface area contributed by atoms with Crippen molar-refractivity contribution in [1.29, 1.82) is 0 Å². The van der Waals surface area contributed by atoms with Crippen LogP contribution in [0.2, 0.25) is 0 Å². The fourth-order valence-electron chi connectivity index (χ4n) is 4.04. The number of benzene rings is 1. The lowest BCUT2D eigenvalue weighted by atomic mass is 10.1. The van der Waals surface area contributed by atoms with Gasteiger partial charge < -0.3 is 19.3 Å². The van der Waals surface area contributed by atoms with Gasteiger partial charge >= 0.3 is 0 Å². The van der Waals surface area contributed by atoms with Gasteiger partial charge in [0.1, 0.15) is 17.2 Å². The SMILES string of the molecule is COc1ccc(CCc2nc3cc(-c4c(C)noc4C)ccn3c2NC(C)C)cc1OC. The first kappa shape index (κ1) is 21.7. The van der Waals surface area contributed by atoms with Gasteiger partial charge in [-0.05, 0) is 75.9 Å². The van der Waals surface area contributed by atoms with E-state index in [-0.39, 0.29) is 6.04 Å². The molecule has 3 heterocycles. The van der Waals surface area contributed by atoms with Crippen LogP contribution in [0.15, 0.2) is 41.1 Å². The molecule has 0 aliphatic heterocycles. The topological polar surface area (TPSA) is 73.8 Å². The van der Waals surface area contributed by atoms with Gasteiger partial charge in [0.2, 0.25) is 0 Å². The molecule has 0 fully saturated rings. The molecule has 168 valence electrons. The summed E-state index contributed by atoms with van der Waals surface area (Å²) in [6.45, 7) is 8.17. The summed E-state index contributed by atoms with van der Waals surface area (Å²) in [6, 6.07) is 10.5. The monoisotopic (exact) mass is 434 g/mol. The number of aromatic nitrogens is 3. The average Bonchev–Trinajstić information content (AvgIpc) is 3.29. The van der Waals surface area contributed by atoms with Gasteiger partial charge in [-0.15, -0.1) is 0 Å². The minimum absolute atomic E-state index is 0.289. The first-order valence-electron chi connectivity index (χ1n) is 10.8. The Labute approximate surface area is 188 Å². The third kappa shape index (κ3) is 4.15. The Morgan fingerprint density at radius 2 is 1.81 bits per heavy atom. The molecule has 0 saturated heterocycles. The molecular weight excluding hydrogens is 404 g/mol. The smallest absolute Gasteiger partial charge is 0.160 e. The highest BCUT2D eigenvalue weighted by molar-refractivity contribution is 5.72. The van der Waals surface area contributed by atoms with Gasteiger partial charge in [0.15, 0.2) is 11.5 Å². The van der Waals surface area contributed by atoms with E-state index in [1.807, 2.05) is 26.0 Å². The largest absolute Gasteiger partial charge is 0.493 e. The van der Waals surface area contributed by atoms with Crippen LogP contribution in [-0.2, 0) is 12.8 Å². The molecule has 7 nitrogen and oxygen atoms in total. The zero-order chi connectivity index (χ0) is 22.8. The minimum atomic E-state index is 0.289. The van der Waals surface area contributed by atoms with Crippen LogP contribution >= 0.6 is 0 Å². The number of anilines is 1. The number of imidazole rings is 1. The summed E-state index contributed by atoms with van der Waals surface area (Å²) in [5.74, 6) is 3.32. The van der Waals surface area contributed by atoms with E-state index in [9.17, 15) is 0 Å². The maximum atomic E-state index is 5.45. The number of ether oxygens (including phenoxy) is 2. The van der Waals surface area contributed by atoms with E-state index in [1.165, 1.54) is 5.56 Å². The van der Waals surface area contributed by atoms with Crippen LogP contribution in [-0.4, -0.2) is 34.8 Å². The zero-order valence-corrected chi connectivity index (χ0v) is 19.5. The molecule has 0 bridgehead atoms. The lowest BCUT2D eigenvalue weighted by molar-refractivity contribution is 0.354. The van der Waals surface area contributed by atoms with Crippen molar-refractivity contribution in [2.75, 3.05) is 19.5 Å². The fraction of sp³-hybridized carbons (Fsp3) is 0.360. The molecule has 4 rings (SSSR count). The van der Waals surface area contributed by atoms with Crippen LogP contribution in [0.25, 0.3) is 16.8 Å². The van der Waals surface area contributed by atoms with Crippen LogP contribution in [0.1, 0.15) is 36.6 Å². The summed E-state index contributed by atoms with van der Waals surface area (Å²) in [5.41, 5.74) is 6.07. The average molecular weight is 435 g/mol. The summed E-state index contributed by atoms with van der Waals surface area (Å²) in [4.78, 5) is 4.98. The van der Waals surface area contributed by atoms with E-state index in [1.54, 1.807) is 14.2 Å². The number of nitrogens with one attached hydrogen (secondary N) is 1. The first-order chi connectivity index (χ1) is 15.4. The second-order valence-corrected chi connectivity index (χ2v) is 8.24. The third-order valence-corrected chi connectivity index (χ3v) is 5.54. The highest BCUT2D eigenvalue weighted by atomic mass is 16.5. The standard InChI is InChI=1S/C25H30N4O3/c1-15(2)26-25-20(9-7-18-8-10-21(30-5)22(13-18)31-6)27-23-14-19(11-12-29(23)25)24-16(3)28-32-17(24)4/h8,10-15,26H,7,9H2,1-6H3. The summed E-state index contributed by atoms with van der Waals surface area (Å²) >= 11 is 0. The van der Waals surface area contributed by atoms with Crippen LogP contribution in [0.5, 0.6) is 11.5 Å². The predicted octanol–water partition coefficient (Wildman–Crippen LogP) is 5.23.